The minimum absolute atomic E-state index is 0.0613. The first-order chi connectivity index (χ1) is 12.6. The maximum absolute atomic E-state index is 12.3. The van der Waals surface area contributed by atoms with Crippen LogP contribution in [-0.2, 0) is 4.79 Å². The smallest absolute Gasteiger partial charge is 0.220 e. The van der Waals surface area contributed by atoms with Crippen molar-refractivity contribution in [2.24, 2.45) is 5.92 Å². The van der Waals surface area contributed by atoms with Crippen molar-refractivity contribution in [3.63, 3.8) is 0 Å². The van der Waals surface area contributed by atoms with E-state index in [9.17, 15) is 4.79 Å². The van der Waals surface area contributed by atoms with Crippen LogP contribution in [-0.4, -0.2) is 19.6 Å². The van der Waals surface area contributed by atoms with Crippen LogP contribution in [0.15, 0.2) is 54.6 Å². The third-order valence-corrected chi connectivity index (χ3v) is 4.12. The molecule has 0 aliphatic rings. The van der Waals surface area contributed by atoms with Gasteiger partial charge in [0.15, 0.2) is 0 Å². The molecule has 4 heteroatoms. The normalized spacial score (nSPS) is 11.8. The third kappa shape index (κ3) is 6.79. The van der Waals surface area contributed by atoms with Gasteiger partial charge in [0.25, 0.3) is 0 Å². The van der Waals surface area contributed by atoms with Gasteiger partial charge >= 0.3 is 0 Å². The molecule has 1 N–H and O–H groups in total. The Kier molecular flexibility index (Phi) is 8.00. The van der Waals surface area contributed by atoms with E-state index in [-0.39, 0.29) is 11.9 Å². The molecule has 1 amide bonds. The predicted molar refractivity (Wildman–Crippen MR) is 105 cm³/mol. The van der Waals surface area contributed by atoms with Crippen LogP contribution >= 0.6 is 0 Å². The molecule has 0 heterocycles. The average molecular weight is 355 g/mol. The van der Waals surface area contributed by atoms with Crippen molar-refractivity contribution in [2.45, 2.75) is 39.2 Å². The Labute approximate surface area is 156 Å². The summed E-state index contributed by atoms with van der Waals surface area (Å²) in [6.07, 6.45) is 2.07. The molecule has 2 aromatic rings. The molecule has 0 aliphatic carbocycles. The lowest BCUT2D eigenvalue weighted by Gasteiger charge is -2.21. The van der Waals surface area contributed by atoms with Gasteiger partial charge < -0.3 is 14.8 Å². The first kappa shape index (κ1) is 19.8. The van der Waals surface area contributed by atoms with Crippen LogP contribution in [0.3, 0.4) is 0 Å². The topological polar surface area (TPSA) is 47.6 Å². The van der Waals surface area contributed by atoms with Gasteiger partial charge in [-0.2, -0.15) is 0 Å². The molecule has 0 saturated carbocycles. The summed E-state index contributed by atoms with van der Waals surface area (Å²) in [6, 6.07) is 17.7. The Hall–Kier alpha value is -2.49. The molecule has 2 aromatic carbocycles. The predicted octanol–water partition coefficient (Wildman–Crippen LogP) is 4.76. The van der Waals surface area contributed by atoms with Gasteiger partial charge in [-0.25, -0.2) is 0 Å². The maximum atomic E-state index is 12.3. The molecule has 2 rings (SSSR count). The molecule has 26 heavy (non-hydrogen) atoms. The zero-order chi connectivity index (χ0) is 18.8. The van der Waals surface area contributed by atoms with Crippen LogP contribution in [0.4, 0.5) is 0 Å². The highest BCUT2D eigenvalue weighted by atomic mass is 16.5. The lowest BCUT2D eigenvalue weighted by Crippen LogP contribution is -2.29. The molecule has 140 valence electrons. The van der Waals surface area contributed by atoms with E-state index >= 15 is 0 Å². The minimum Gasteiger partial charge on any atom is -0.497 e. The maximum Gasteiger partial charge on any atom is 0.220 e. The lowest BCUT2D eigenvalue weighted by atomic mass is 9.97. The summed E-state index contributed by atoms with van der Waals surface area (Å²) in [5.74, 6) is 2.17. The highest BCUT2D eigenvalue weighted by molar-refractivity contribution is 5.76. The van der Waals surface area contributed by atoms with Crippen LogP contribution in [0.5, 0.6) is 11.5 Å². The fourth-order valence-corrected chi connectivity index (χ4v) is 2.80. The van der Waals surface area contributed by atoms with E-state index in [1.54, 1.807) is 7.11 Å². The molecule has 0 aliphatic heterocycles. The summed E-state index contributed by atoms with van der Waals surface area (Å²) in [4.78, 5) is 12.3. The van der Waals surface area contributed by atoms with Gasteiger partial charge in [-0.3, -0.25) is 4.79 Å². The zero-order valence-corrected chi connectivity index (χ0v) is 15.9. The first-order valence-corrected chi connectivity index (χ1v) is 9.19. The number of carbonyl (C=O) groups is 1. The Morgan fingerprint density at radius 2 is 1.65 bits per heavy atom. The largest absolute Gasteiger partial charge is 0.497 e. The van der Waals surface area contributed by atoms with E-state index < -0.39 is 0 Å². The third-order valence-electron chi connectivity index (χ3n) is 4.12. The molecule has 0 bridgehead atoms. The van der Waals surface area contributed by atoms with Gasteiger partial charge in [-0.05, 0) is 48.6 Å². The molecule has 0 radical (unpaired) electrons. The molecular weight excluding hydrogens is 326 g/mol. The number of carbonyl (C=O) groups excluding carboxylic acids is 1. The number of ether oxygens (including phenoxy) is 2. The second kappa shape index (κ2) is 10.5. The van der Waals surface area contributed by atoms with Gasteiger partial charge in [0.2, 0.25) is 5.91 Å². The Balaban J connectivity index is 1.76. The number of hydrogen-bond acceptors (Lipinski definition) is 3. The van der Waals surface area contributed by atoms with Crippen LogP contribution in [0.1, 0.15) is 44.7 Å². The molecule has 0 saturated heterocycles. The molecule has 1 atom stereocenters. The van der Waals surface area contributed by atoms with Crippen LogP contribution in [0, 0.1) is 5.92 Å². The summed E-state index contributed by atoms with van der Waals surface area (Å²) in [5.41, 5.74) is 1.16. The van der Waals surface area contributed by atoms with Crippen LogP contribution < -0.4 is 14.8 Å². The monoisotopic (exact) mass is 355 g/mol. The minimum atomic E-state index is 0.0613. The van der Waals surface area contributed by atoms with Crippen molar-refractivity contribution in [1.29, 1.82) is 0 Å². The quantitative estimate of drug-likeness (QED) is 0.625. The average Bonchev–Trinajstić information content (AvgIpc) is 2.65. The van der Waals surface area contributed by atoms with Crippen LogP contribution in [0.2, 0.25) is 0 Å². The number of amides is 1. The molecule has 4 nitrogen and oxygen atoms in total. The van der Waals surface area contributed by atoms with Crippen molar-refractivity contribution in [1.82, 2.24) is 5.32 Å². The lowest BCUT2D eigenvalue weighted by molar-refractivity contribution is -0.122. The summed E-state index contributed by atoms with van der Waals surface area (Å²) in [7, 11) is 1.64. The van der Waals surface area contributed by atoms with Gasteiger partial charge in [0.05, 0.1) is 19.8 Å². The first-order valence-electron chi connectivity index (χ1n) is 9.19. The molecule has 1 unspecified atom stereocenters. The van der Waals surface area contributed by atoms with Crippen molar-refractivity contribution in [2.75, 3.05) is 13.7 Å². The molecule has 0 fully saturated rings. The van der Waals surface area contributed by atoms with E-state index in [4.69, 9.17) is 9.47 Å². The number of methoxy groups -OCH3 is 1. The Bertz CT molecular complexity index is 653. The van der Waals surface area contributed by atoms with E-state index in [1.807, 2.05) is 42.5 Å². The van der Waals surface area contributed by atoms with Crippen molar-refractivity contribution in [3.8, 4) is 11.5 Å². The standard InChI is InChI=1S/C22H29NO3/c1-17(2)16-21(18-8-5-4-6-9-18)23-22(24)10-7-15-26-20-13-11-19(25-3)12-14-20/h4-6,8-9,11-14,17,21H,7,10,15-16H2,1-3H3,(H,23,24). The number of rotatable bonds is 10. The molecular formula is C22H29NO3. The highest BCUT2D eigenvalue weighted by Gasteiger charge is 2.15. The SMILES string of the molecule is COc1ccc(OCCCC(=O)NC(CC(C)C)c2ccccc2)cc1. The van der Waals surface area contributed by atoms with Gasteiger partial charge in [-0.1, -0.05) is 44.2 Å². The summed E-state index contributed by atoms with van der Waals surface area (Å²) >= 11 is 0. The van der Waals surface area contributed by atoms with Gasteiger partial charge in [0.1, 0.15) is 11.5 Å². The summed E-state index contributed by atoms with van der Waals surface area (Å²) in [6.45, 7) is 4.86. The highest BCUT2D eigenvalue weighted by Crippen LogP contribution is 2.21. The molecule has 0 spiro atoms. The van der Waals surface area contributed by atoms with Crippen molar-refractivity contribution >= 4 is 5.91 Å². The Morgan fingerprint density at radius 3 is 2.27 bits per heavy atom. The fourth-order valence-electron chi connectivity index (χ4n) is 2.80. The fraction of sp³-hybridized carbons (Fsp3) is 0.409. The number of nitrogens with one attached hydrogen (secondary N) is 1. The zero-order valence-electron chi connectivity index (χ0n) is 15.9. The summed E-state index contributed by atoms with van der Waals surface area (Å²) in [5, 5.41) is 3.17. The van der Waals surface area contributed by atoms with Crippen molar-refractivity contribution < 1.29 is 14.3 Å². The van der Waals surface area contributed by atoms with E-state index in [0.29, 0.717) is 25.4 Å². The van der Waals surface area contributed by atoms with E-state index in [1.165, 1.54) is 0 Å². The van der Waals surface area contributed by atoms with Gasteiger partial charge in [-0.15, -0.1) is 0 Å². The van der Waals surface area contributed by atoms with Gasteiger partial charge in [0, 0.05) is 6.42 Å². The second-order valence-electron chi connectivity index (χ2n) is 6.79. The number of benzene rings is 2. The van der Waals surface area contributed by atoms with Crippen molar-refractivity contribution in [3.05, 3.63) is 60.2 Å². The van der Waals surface area contributed by atoms with E-state index in [2.05, 4.69) is 31.3 Å². The summed E-state index contributed by atoms with van der Waals surface area (Å²) < 4.78 is 10.8. The number of hydrogen-bond donors (Lipinski definition) is 1. The van der Waals surface area contributed by atoms with Crippen LogP contribution in [0.25, 0.3) is 0 Å². The van der Waals surface area contributed by atoms with E-state index in [0.717, 1.165) is 23.5 Å². The Morgan fingerprint density at radius 1 is 1.00 bits per heavy atom. The second-order valence-corrected chi connectivity index (χ2v) is 6.79. The molecule has 0 aromatic heterocycles.